The standard InChI is InChI=1S/C13H8Cl2F2N2/c14-10-5-8(1-3-12(10)16)18-7-19-9-2-4-13(17)11(15)6-9/h1-7H,(H,18,19). The summed E-state index contributed by atoms with van der Waals surface area (Å²) in [4.78, 5) is 4.03. The molecule has 19 heavy (non-hydrogen) atoms. The lowest BCUT2D eigenvalue weighted by molar-refractivity contribution is 0.628. The van der Waals surface area contributed by atoms with Crippen LogP contribution in [0.15, 0.2) is 41.4 Å². The maximum atomic E-state index is 12.9. The van der Waals surface area contributed by atoms with Crippen molar-refractivity contribution in [2.24, 2.45) is 4.99 Å². The van der Waals surface area contributed by atoms with Crippen LogP contribution in [0.2, 0.25) is 10.0 Å². The van der Waals surface area contributed by atoms with Gasteiger partial charge in [0.05, 0.1) is 22.1 Å². The lowest BCUT2D eigenvalue weighted by Gasteiger charge is -2.01. The Bertz CT molecular complexity index is 630. The molecule has 6 heteroatoms. The van der Waals surface area contributed by atoms with Gasteiger partial charge in [-0.1, -0.05) is 23.2 Å². The first-order chi connectivity index (χ1) is 9.06. The molecule has 0 bridgehead atoms. The van der Waals surface area contributed by atoms with E-state index in [0.29, 0.717) is 11.4 Å². The van der Waals surface area contributed by atoms with Crippen LogP contribution in [-0.4, -0.2) is 6.34 Å². The van der Waals surface area contributed by atoms with Crippen LogP contribution in [0.1, 0.15) is 0 Å². The highest BCUT2D eigenvalue weighted by Crippen LogP contribution is 2.22. The summed E-state index contributed by atoms with van der Waals surface area (Å²) in [5, 5.41) is 2.83. The van der Waals surface area contributed by atoms with Crippen molar-refractivity contribution in [1.29, 1.82) is 0 Å². The maximum Gasteiger partial charge on any atom is 0.141 e. The second-order valence-corrected chi connectivity index (χ2v) is 4.44. The second-order valence-electron chi connectivity index (χ2n) is 3.63. The average molecular weight is 301 g/mol. The van der Waals surface area contributed by atoms with Gasteiger partial charge < -0.3 is 5.32 Å². The molecule has 2 aromatic carbocycles. The highest BCUT2D eigenvalue weighted by Gasteiger charge is 2.00. The lowest BCUT2D eigenvalue weighted by Crippen LogP contribution is -1.94. The Hall–Kier alpha value is -1.65. The Balaban J connectivity index is 2.06. The molecule has 0 unspecified atom stereocenters. The average Bonchev–Trinajstić information content (AvgIpc) is 2.38. The van der Waals surface area contributed by atoms with E-state index in [4.69, 9.17) is 23.2 Å². The van der Waals surface area contributed by atoms with E-state index in [-0.39, 0.29) is 10.0 Å². The van der Waals surface area contributed by atoms with Gasteiger partial charge in [0.2, 0.25) is 0 Å². The number of hydrogen-bond donors (Lipinski definition) is 1. The molecular formula is C13H8Cl2F2N2. The van der Waals surface area contributed by atoms with E-state index < -0.39 is 11.6 Å². The van der Waals surface area contributed by atoms with Crippen LogP contribution < -0.4 is 5.32 Å². The van der Waals surface area contributed by atoms with Crippen molar-refractivity contribution in [2.45, 2.75) is 0 Å². The smallest absolute Gasteiger partial charge is 0.141 e. The number of nitrogens with one attached hydrogen (secondary N) is 1. The minimum absolute atomic E-state index is 0.000485. The molecule has 0 aliphatic heterocycles. The molecule has 2 nitrogen and oxygen atoms in total. The van der Waals surface area contributed by atoms with E-state index in [9.17, 15) is 8.78 Å². The van der Waals surface area contributed by atoms with Gasteiger partial charge >= 0.3 is 0 Å². The zero-order chi connectivity index (χ0) is 13.8. The first-order valence-electron chi connectivity index (χ1n) is 5.25. The predicted molar refractivity (Wildman–Crippen MR) is 74.6 cm³/mol. The number of halogens is 4. The van der Waals surface area contributed by atoms with Crippen LogP contribution in [0.25, 0.3) is 0 Å². The van der Waals surface area contributed by atoms with Crippen LogP contribution in [0, 0.1) is 11.6 Å². The Morgan fingerprint density at radius 1 is 0.947 bits per heavy atom. The summed E-state index contributed by atoms with van der Waals surface area (Å²) in [6.45, 7) is 0. The fourth-order valence-corrected chi connectivity index (χ4v) is 1.69. The SMILES string of the molecule is Fc1ccc(/N=C/Nc2ccc(F)c(Cl)c2)cc1Cl. The highest BCUT2D eigenvalue weighted by atomic mass is 35.5. The molecule has 0 atom stereocenters. The topological polar surface area (TPSA) is 24.4 Å². The minimum Gasteiger partial charge on any atom is -0.346 e. The van der Waals surface area contributed by atoms with E-state index >= 15 is 0 Å². The second kappa shape index (κ2) is 5.99. The zero-order valence-electron chi connectivity index (χ0n) is 9.50. The van der Waals surface area contributed by atoms with Gasteiger partial charge in [-0.2, -0.15) is 0 Å². The summed E-state index contributed by atoms with van der Waals surface area (Å²) in [6, 6.07) is 8.30. The minimum atomic E-state index is -0.501. The van der Waals surface area contributed by atoms with Crippen molar-refractivity contribution >= 4 is 40.9 Å². The van der Waals surface area contributed by atoms with Gasteiger partial charge in [-0.25, -0.2) is 13.8 Å². The number of benzene rings is 2. The molecule has 2 rings (SSSR count). The normalized spacial score (nSPS) is 10.9. The number of nitrogens with zero attached hydrogens (tertiary/aromatic N) is 1. The van der Waals surface area contributed by atoms with Crippen LogP contribution in [0.5, 0.6) is 0 Å². The van der Waals surface area contributed by atoms with Crippen molar-refractivity contribution in [3.05, 3.63) is 58.1 Å². The van der Waals surface area contributed by atoms with Gasteiger partial charge in [0.15, 0.2) is 0 Å². The molecule has 98 valence electrons. The number of hydrogen-bond acceptors (Lipinski definition) is 1. The fourth-order valence-electron chi connectivity index (χ4n) is 1.33. The summed E-state index contributed by atoms with van der Waals surface area (Å²) < 4.78 is 25.8. The van der Waals surface area contributed by atoms with Crippen LogP contribution in [0.4, 0.5) is 20.2 Å². The van der Waals surface area contributed by atoms with Crippen molar-refractivity contribution in [2.75, 3.05) is 5.32 Å². The van der Waals surface area contributed by atoms with Crippen molar-refractivity contribution in [1.82, 2.24) is 0 Å². The Morgan fingerprint density at radius 3 is 2.21 bits per heavy atom. The van der Waals surface area contributed by atoms with Gasteiger partial charge in [-0.15, -0.1) is 0 Å². The molecule has 0 aliphatic rings. The number of aliphatic imine (C=N–C) groups is 1. The molecule has 0 amide bonds. The number of rotatable bonds is 3. The van der Waals surface area contributed by atoms with E-state index in [0.717, 1.165) is 0 Å². The van der Waals surface area contributed by atoms with Gasteiger partial charge in [0.1, 0.15) is 11.6 Å². The Kier molecular flexibility index (Phi) is 4.35. The van der Waals surface area contributed by atoms with Gasteiger partial charge in [-0.3, -0.25) is 0 Å². The summed E-state index contributed by atoms with van der Waals surface area (Å²) in [5.74, 6) is -0.992. The third-order valence-electron chi connectivity index (χ3n) is 2.27. The molecule has 0 saturated carbocycles. The third-order valence-corrected chi connectivity index (χ3v) is 2.85. The molecule has 0 aromatic heterocycles. The first-order valence-corrected chi connectivity index (χ1v) is 6.01. The van der Waals surface area contributed by atoms with Crippen LogP contribution >= 0.6 is 23.2 Å². The molecule has 1 N–H and O–H groups in total. The maximum absolute atomic E-state index is 12.9. The molecule has 0 saturated heterocycles. The molecule has 0 fully saturated rings. The largest absolute Gasteiger partial charge is 0.346 e. The summed E-state index contributed by atoms with van der Waals surface area (Å²) in [7, 11) is 0. The lowest BCUT2D eigenvalue weighted by atomic mass is 10.3. The Labute approximate surface area is 118 Å². The monoisotopic (exact) mass is 300 g/mol. The molecular weight excluding hydrogens is 293 g/mol. The Morgan fingerprint density at radius 2 is 1.58 bits per heavy atom. The van der Waals surface area contributed by atoms with E-state index in [1.54, 1.807) is 0 Å². The predicted octanol–water partition coefficient (Wildman–Crippen LogP) is 5.04. The van der Waals surface area contributed by atoms with E-state index in [1.165, 1.54) is 42.7 Å². The van der Waals surface area contributed by atoms with Crippen molar-refractivity contribution in [3.63, 3.8) is 0 Å². The van der Waals surface area contributed by atoms with Crippen LogP contribution in [0.3, 0.4) is 0 Å². The van der Waals surface area contributed by atoms with Gasteiger partial charge in [0, 0.05) is 5.69 Å². The van der Waals surface area contributed by atoms with Gasteiger partial charge in [0.25, 0.3) is 0 Å². The third kappa shape index (κ3) is 3.66. The fraction of sp³-hybridized carbons (Fsp3) is 0. The van der Waals surface area contributed by atoms with E-state index in [2.05, 4.69) is 10.3 Å². The zero-order valence-corrected chi connectivity index (χ0v) is 11.0. The summed E-state index contributed by atoms with van der Waals surface area (Å²) in [6.07, 6.45) is 1.38. The number of anilines is 1. The summed E-state index contributed by atoms with van der Waals surface area (Å²) in [5.41, 5.74) is 1.08. The summed E-state index contributed by atoms with van der Waals surface area (Å²) >= 11 is 11.2. The van der Waals surface area contributed by atoms with E-state index in [1.807, 2.05) is 0 Å². The van der Waals surface area contributed by atoms with Crippen molar-refractivity contribution in [3.8, 4) is 0 Å². The van der Waals surface area contributed by atoms with Crippen LogP contribution in [-0.2, 0) is 0 Å². The molecule has 0 aliphatic carbocycles. The van der Waals surface area contributed by atoms with Crippen molar-refractivity contribution < 1.29 is 8.78 Å². The highest BCUT2D eigenvalue weighted by molar-refractivity contribution is 6.31. The molecule has 0 spiro atoms. The first kappa shape index (κ1) is 13.8. The molecule has 0 radical (unpaired) electrons. The van der Waals surface area contributed by atoms with Gasteiger partial charge in [-0.05, 0) is 36.4 Å². The molecule has 2 aromatic rings. The quantitative estimate of drug-likeness (QED) is 0.623. The molecule has 0 heterocycles.